The fraction of sp³-hybridized carbons (Fsp3) is 0.400. The van der Waals surface area contributed by atoms with E-state index >= 15 is 0 Å². The summed E-state index contributed by atoms with van der Waals surface area (Å²) < 4.78 is 0. The first-order chi connectivity index (χ1) is 9.26. The molecule has 0 atom stereocenters. The normalized spacial score (nSPS) is 10.7. The molecule has 4 heteroatoms. The SMILES string of the molecule is CCc1cc(CN)cc(N(CC)Cc2cccs2)n1. The maximum atomic E-state index is 5.78. The van der Waals surface area contributed by atoms with Gasteiger partial charge in [-0.2, -0.15) is 0 Å². The first-order valence-corrected chi connectivity index (χ1v) is 7.62. The molecule has 3 nitrogen and oxygen atoms in total. The van der Waals surface area contributed by atoms with Gasteiger partial charge < -0.3 is 10.6 Å². The van der Waals surface area contributed by atoms with Crippen molar-refractivity contribution in [3.8, 4) is 0 Å². The van der Waals surface area contributed by atoms with Gasteiger partial charge in [-0.3, -0.25) is 0 Å². The van der Waals surface area contributed by atoms with Crippen LogP contribution < -0.4 is 10.6 Å². The van der Waals surface area contributed by atoms with E-state index in [2.05, 4.69) is 48.4 Å². The Morgan fingerprint density at radius 1 is 1.32 bits per heavy atom. The number of rotatable bonds is 6. The van der Waals surface area contributed by atoms with Crippen LogP contribution in [-0.2, 0) is 19.5 Å². The van der Waals surface area contributed by atoms with Crippen LogP contribution in [0.4, 0.5) is 5.82 Å². The van der Waals surface area contributed by atoms with Gasteiger partial charge in [-0.25, -0.2) is 4.98 Å². The maximum absolute atomic E-state index is 5.78. The molecule has 102 valence electrons. The summed E-state index contributed by atoms with van der Waals surface area (Å²) in [4.78, 5) is 8.38. The van der Waals surface area contributed by atoms with Crippen LogP contribution in [0.3, 0.4) is 0 Å². The van der Waals surface area contributed by atoms with Crippen molar-refractivity contribution in [1.29, 1.82) is 0 Å². The zero-order valence-electron chi connectivity index (χ0n) is 11.6. The monoisotopic (exact) mass is 275 g/mol. The highest BCUT2D eigenvalue weighted by Gasteiger charge is 2.09. The summed E-state index contributed by atoms with van der Waals surface area (Å²) in [5.41, 5.74) is 8.05. The van der Waals surface area contributed by atoms with Crippen molar-refractivity contribution in [2.75, 3.05) is 11.4 Å². The molecule has 2 heterocycles. The molecule has 0 fully saturated rings. The Labute approximate surface area is 119 Å². The summed E-state index contributed by atoms with van der Waals surface area (Å²) in [6, 6.07) is 8.47. The Hall–Kier alpha value is -1.39. The van der Waals surface area contributed by atoms with Crippen LogP contribution in [0.15, 0.2) is 29.6 Å². The molecule has 0 saturated carbocycles. The van der Waals surface area contributed by atoms with Crippen molar-refractivity contribution >= 4 is 17.2 Å². The average molecular weight is 275 g/mol. The summed E-state index contributed by atoms with van der Waals surface area (Å²) in [5, 5.41) is 2.12. The number of anilines is 1. The van der Waals surface area contributed by atoms with E-state index in [0.717, 1.165) is 36.6 Å². The van der Waals surface area contributed by atoms with Gasteiger partial charge in [-0.1, -0.05) is 13.0 Å². The highest BCUT2D eigenvalue weighted by atomic mass is 32.1. The van der Waals surface area contributed by atoms with E-state index in [9.17, 15) is 0 Å². The summed E-state index contributed by atoms with van der Waals surface area (Å²) in [6.45, 7) is 6.72. The standard InChI is InChI=1S/C15H21N3S/c1-3-13-8-12(10-16)9-15(17-13)18(4-2)11-14-6-5-7-19-14/h5-9H,3-4,10-11,16H2,1-2H3. The van der Waals surface area contributed by atoms with Gasteiger partial charge in [-0.05, 0) is 42.5 Å². The smallest absolute Gasteiger partial charge is 0.129 e. The van der Waals surface area contributed by atoms with Crippen molar-refractivity contribution < 1.29 is 0 Å². The molecule has 0 spiro atoms. The second-order valence-corrected chi connectivity index (χ2v) is 5.51. The molecule has 2 aromatic heterocycles. The van der Waals surface area contributed by atoms with Crippen LogP contribution in [0.2, 0.25) is 0 Å². The lowest BCUT2D eigenvalue weighted by molar-refractivity contribution is 0.812. The first kappa shape index (κ1) is 14.0. The lowest BCUT2D eigenvalue weighted by Crippen LogP contribution is -2.23. The van der Waals surface area contributed by atoms with E-state index in [1.54, 1.807) is 11.3 Å². The van der Waals surface area contributed by atoms with Crippen molar-refractivity contribution in [3.63, 3.8) is 0 Å². The predicted octanol–water partition coefficient (Wildman–Crippen LogP) is 3.19. The van der Waals surface area contributed by atoms with Gasteiger partial charge in [0.05, 0.1) is 6.54 Å². The van der Waals surface area contributed by atoms with Crippen molar-refractivity contribution in [2.24, 2.45) is 5.73 Å². The molecule has 0 aromatic carbocycles. The number of thiophene rings is 1. The fourth-order valence-corrected chi connectivity index (χ4v) is 2.76. The predicted molar refractivity (Wildman–Crippen MR) is 82.5 cm³/mol. The number of nitrogens with zero attached hydrogens (tertiary/aromatic N) is 2. The van der Waals surface area contributed by atoms with Gasteiger partial charge >= 0.3 is 0 Å². The fourth-order valence-electron chi connectivity index (χ4n) is 2.04. The molecule has 0 amide bonds. The molecule has 2 aromatic rings. The van der Waals surface area contributed by atoms with E-state index in [1.807, 2.05) is 0 Å². The van der Waals surface area contributed by atoms with Crippen LogP contribution in [0, 0.1) is 0 Å². The van der Waals surface area contributed by atoms with Gasteiger partial charge in [0.1, 0.15) is 5.82 Å². The lowest BCUT2D eigenvalue weighted by atomic mass is 10.2. The van der Waals surface area contributed by atoms with Crippen molar-refractivity contribution in [1.82, 2.24) is 4.98 Å². The van der Waals surface area contributed by atoms with E-state index in [0.29, 0.717) is 6.54 Å². The highest BCUT2D eigenvalue weighted by Crippen LogP contribution is 2.20. The molecule has 0 saturated heterocycles. The molecule has 0 radical (unpaired) electrons. The number of aryl methyl sites for hydroxylation is 1. The van der Waals surface area contributed by atoms with Crippen LogP contribution in [0.25, 0.3) is 0 Å². The maximum Gasteiger partial charge on any atom is 0.129 e. The van der Waals surface area contributed by atoms with Gasteiger partial charge in [-0.15, -0.1) is 11.3 Å². The largest absolute Gasteiger partial charge is 0.352 e. The van der Waals surface area contributed by atoms with Crippen LogP contribution in [0.5, 0.6) is 0 Å². The first-order valence-electron chi connectivity index (χ1n) is 6.74. The second kappa shape index (κ2) is 6.68. The van der Waals surface area contributed by atoms with Crippen LogP contribution >= 0.6 is 11.3 Å². The molecule has 0 unspecified atom stereocenters. The molecule has 0 aliphatic rings. The minimum Gasteiger partial charge on any atom is -0.352 e. The number of aromatic nitrogens is 1. The molecule has 2 rings (SSSR count). The third kappa shape index (κ3) is 3.55. The molecular weight excluding hydrogens is 254 g/mol. The molecule has 0 aliphatic heterocycles. The van der Waals surface area contributed by atoms with Gasteiger partial charge in [0.15, 0.2) is 0 Å². The van der Waals surface area contributed by atoms with Gasteiger partial charge in [0.2, 0.25) is 0 Å². The molecule has 0 aliphatic carbocycles. The van der Waals surface area contributed by atoms with Gasteiger partial charge in [0, 0.05) is 23.7 Å². The lowest BCUT2D eigenvalue weighted by Gasteiger charge is -2.22. The Morgan fingerprint density at radius 3 is 2.74 bits per heavy atom. The topological polar surface area (TPSA) is 42.1 Å². The van der Waals surface area contributed by atoms with E-state index in [1.165, 1.54) is 4.88 Å². The van der Waals surface area contributed by atoms with Crippen molar-refractivity contribution in [3.05, 3.63) is 45.8 Å². The summed E-state index contributed by atoms with van der Waals surface area (Å²) >= 11 is 1.79. The Balaban J connectivity index is 2.26. The van der Waals surface area contributed by atoms with E-state index < -0.39 is 0 Å². The van der Waals surface area contributed by atoms with Crippen LogP contribution in [0.1, 0.15) is 30.0 Å². The second-order valence-electron chi connectivity index (χ2n) is 4.48. The third-order valence-electron chi connectivity index (χ3n) is 3.16. The Kier molecular flexibility index (Phi) is 4.93. The van der Waals surface area contributed by atoms with E-state index in [4.69, 9.17) is 10.7 Å². The third-order valence-corrected chi connectivity index (χ3v) is 4.02. The Bertz CT molecular complexity index is 486. The summed E-state index contributed by atoms with van der Waals surface area (Å²) in [6.07, 6.45) is 0.942. The summed E-state index contributed by atoms with van der Waals surface area (Å²) in [7, 11) is 0. The molecular formula is C15H21N3S. The van der Waals surface area contributed by atoms with E-state index in [-0.39, 0.29) is 0 Å². The zero-order chi connectivity index (χ0) is 13.7. The van der Waals surface area contributed by atoms with Gasteiger partial charge in [0.25, 0.3) is 0 Å². The quantitative estimate of drug-likeness (QED) is 0.880. The van der Waals surface area contributed by atoms with Crippen LogP contribution in [-0.4, -0.2) is 11.5 Å². The zero-order valence-corrected chi connectivity index (χ0v) is 12.4. The average Bonchev–Trinajstić information content (AvgIpc) is 2.97. The number of pyridine rings is 1. The minimum absolute atomic E-state index is 0.569. The highest BCUT2D eigenvalue weighted by molar-refractivity contribution is 7.09. The number of hydrogen-bond acceptors (Lipinski definition) is 4. The molecule has 2 N–H and O–H groups in total. The molecule has 19 heavy (non-hydrogen) atoms. The minimum atomic E-state index is 0.569. The number of hydrogen-bond donors (Lipinski definition) is 1. The van der Waals surface area contributed by atoms with Crippen molar-refractivity contribution in [2.45, 2.75) is 33.4 Å². The number of nitrogens with two attached hydrogens (primary N) is 1. The molecule has 0 bridgehead atoms. The summed E-state index contributed by atoms with van der Waals surface area (Å²) in [5.74, 6) is 1.04. The Morgan fingerprint density at radius 2 is 2.16 bits per heavy atom.